The maximum absolute atomic E-state index is 10.6. The van der Waals surface area contributed by atoms with Crippen LogP contribution in [0.4, 0.5) is 0 Å². The summed E-state index contributed by atoms with van der Waals surface area (Å²) in [6.07, 6.45) is 0. The predicted molar refractivity (Wildman–Crippen MR) is 38.6 cm³/mol. The summed E-state index contributed by atoms with van der Waals surface area (Å²) in [5.41, 5.74) is 0.153. The second kappa shape index (κ2) is 4.50. The minimum Gasteiger partial charge on any atom is -0.330 e. The van der Waals surface area contributed by atoms with Gasteiger partial charge in [0.25, 0.3) is 13.8 Å². The van der Waals surface area contributed by atoms with Gasteiger partial charge in [0.05, 0.1) is 0 Å². The molecule has 0 atom stereocenters. The average molecular weight is 164 g/mol. The van der Waals surface area contributed by atoms with E-state index in [4.69, 9.17) is 14.5 Å². The molecule has 0 aromatic heterocycles. The zero-order valence-electron chi connectivity index (χ0n) is 6.25. The highest BCUT2D eigenvalue weighted by atomic mass is 31.2. The Morgan fingerprint density at radius 1 is 1.40 bits per heavy atom. The third kappa shape index (κ3) is 2.52. The molecule has 0 aliphatic carbocycles. The van der Waals surface area contributed by atoms with E-state index in [-0.39, 0.29) is 11.2 Å². The first-order valence-electron chi connectivity index (χ1n) is 2.65. The molecule has 0 amide bonds. The molecule has 0 saturated heterocycles. The molecule has 2 N–H and O–H groups in total. The van der Waals surface area contributed by atoms with Crippen LogP contribution in [0.3, 0.4) is 0 Å². The summed E-state index contributed by atoms with van der Waals surface area (Å²) in [5, 5.41) is 5.33. The molecule has 4 nitrogen and oxygen atoms in total. The summed E-state index contributed by atoms with van der Waals surface area (Å²) in [5.74, 6) is -0.199. The van der Waals surface area contributed by atoms with Crippen molar-refractivity contribution in [1.29, 1.82) is 0 Å². The molecule has 0 aliphatic rings. The zero-order chi connectivity index (χ0) is 8.15. The van der Waals surface area contributed by atoms with Crippen molar-refractivity contribution in [3.8, 4) is 0 Å². The Labute approximate surface area is 60.9 Å². The van der Waals surface area contributed by atoms with E-state index in [0.29, 0.717) is 0 Å². The van der Waals surface area contributed by atoms with E-state index >= 15 is 0 Å². The maximum atomic E-state index is 10.6. The van der Waals surface area contributed by atoms with Gasteiger partial charge in [-0.1, -0.05) is 0 Å². The highest BCUT2D eigenvalue weighted by Crippen LogP contribution is 2.35. The number of carbonyl (C=O) groups is 1. The first-order chi connectivity index (χ1) is 4.63. The SMILES string of the molecule is COP(OC)C(=[NH2+])C(C)=O. The van der Waals surface area contributed by atoms with Crippen LogP contribution >= 0.6 is 8.38 Å². The second-order valence-electron chi connectivity index (χ2n) is 1.56. The maximum Gasteiger partial charge on any atom is 0.293 e. The van der Waals surface area contributed by atoms with Gasteiger partial charge >= 0.3 is 0 Å². The zero-order valence-corrected chi connectivity index (χ0v) is 7.14. The van der Waals surface area contributed by atoms with Gasteiger partial charge in [0, 0.05) is 21.1 Å². The molecule has 0 fully saturated rings. The fourth-order valence-corrected chi connectivity index (χ4v) is 1.20. The van der Waals surface area contributed by atoms with E-state index in [1.165, 1.54) is 21.1 Å². The van der Waals surface area contributed by atoms with Gasteiger partial charge in [-0.3, -0.25) is 4.79 Å². The topological polar surface area (TPSA) is 61.1 Å². The molecule has 0 aromatic carbocycles. The van der Waals surface area contributed by atoms with Crippen molar-refractivity contribution in [3.63, 3.8) is 0 Å². The number of hydrogen-bond donors (Lipinski definition) is 1. The van der Waals surface area contributed by atoms with E-state index in [9.17, 15) is 4.79 Å². The van der Waals surface area contributed by atoms with E-state index in [2.05, 4.69) is 0 Å². The van der Waals surface area contributed by atoms with Gasteiger partial charge in [0.15, 0.2) is 0 Å². The monoisotopic (exact) mass is 164 g/mol. The van der Waals surface area contributed by atoms with Crippen LogP contribution in [-0.4, -0.2) is 25.5 Å². The summed E-state index contributed by atoms with van der Waals surface area (Å²) < 4.78 is 9.56. The molecule has 0 radical (unpaired) electrons. The molecule has 0 bridgehead atoms. The Morgan fingerprint density at radius 2 is 1.80 bits per heavy atom. The van der Waals surface area contributed by atoms with E-state index < -0.39 is 8.38 Å². The molecule has 0 unspecified atom stereocenters. The lowest BCUT2D eigenvalue weighted by Crippen LogP contribution is -2.43. The summed E-state index contributed by atoms with van der Waals surface area (Å²) in [7, 11) is 1.59. The smallest absolute Gasteiger partial charge is 0.293 e. The molecule has 0 aromatic rings. The van der Waals surface area contributed by atoms with Gasteiger partial charge in [-0.25, -0.2) is 5.41 Å². The molecular weight excluding hydrogens is 153 g/mol. The van der Waals surface area contributed by atoms with Crippen molar-refractivity contribution in [3.05, 3.63) is 0 Å². The summed E-state index contributed by atoms with van der Waals surface area (Å²) in [6.45, 7) is 1.38. The van der Waals surface area contributed by atoms with Gasteiger partial charge in [0.2, 0.25) is 5.78 Å². The summed E-state index contributed by atoms with van der Waals surface area (Å²) in [4.78, 5) is 10.6. The lowest BCUT2D eigenvalue weighted by atomic mass is 10.5. The lowest BCUT2D eigenvalue weighted by molar-refractivity contribution is -0.131. The Morgan fingerprint density at radius 3 is 1.90 bits per heavy atom. The summed E-state index contributed by atoms with van der Waals surface area (Å²) >= 11 is 0. The Kier molecular flexibility index (Phi) is 4.36. The van der Waals surface area contributed by atoms with Crippen LogP contribution in [0.2, 0.25) is 0 Å². The van der Waals surface area contributed by atoms with Crippen LogP contribution < -0.4 is 5.41 Å². The normalized spacial score (nSPS) is 10.0. The van der Waals surface area contributed by atoms with Gasteiger partial charge in [-0.15, -0.1) is 0 Å². The second-order valence-corrected chi connectivity index (χ2v) is 3.29. The van der Waals surface area contributed by atoms with Gasteiger partial charge in [-0.2, -0.15) is 0 Å². The molecule has 5 heteroatoms. The van der Waals surface area contributed by atoms with Crippen LogP contribution in [0.5, 0.6) is 0 Å². The number of rotatable bonds is 4. The van der Waals surface area contributed by atoms with E-state index in [1.807, 2.05) is 0 Å². The van der Waals surface area contributed by atoms with Crippen molar-refractivity contribution < 1.29 is 19.3 Å². The van der Waals surface area contributed by atoms with Gasteiger partial charge in [-0.05, 0) is 0 Å². The fraction of sp³-hybridized carbons (Fsp3) is 0.600. The number of hydrogen-bond acceptors (Lipinski definition) is 3. The minimum absolute atomic E-state index is 0.153. The highest BCUT2D eigenvalue weighted by Gasteiger charge is 2.24. The predicted octanol–water partition coefficient (Wildman–Crippen LogP) is -0.662. The Bertz CT molecular complexity index is 144. The van der Waals surface area contributed by atoms with Crippen molar-refractivity contribution in [2.45, 2.75) is 6.92 Å². The Balaban J connectivity index is 4.02. The number of carbonyl (C=O) groups excluding carboxylic acids is 1. The van der Waals surface area contributed by atoms with Crippen molar-refractivity contribution in [2.24, 2.45) is 0 Å². The van der Waals surface area contributed by atoms with Crippen LogP contribution in [-0.2, 0) is 13.8 Å². The third-order valence-electron chi connectivity index (χ3n) is 0.889. The van der Waals surface area contributed by atoms with Gasteiger partial charge in [0.1, 0.15) is 0 Å². The molecule has 0 spiro atoms. The van der Waals surface area contributed by atoms with Gasteiger partial charge < -0.3 is 9.05 Å². The largest absolute Gasteiger partial charge is 0.330 e. The van der Waals surface area contributed by atoms with Crippen LogP contribution in [0, 0.1) is 0 Å². The molecule has 0 rings (SSSR count). The first-order valence-corrected chi connectivity index (χ1v) is 3.83. The lowest BCUT2D eigenvalue weighted by Gasteiger charge is -2.05. The van der Waals surface area contributed by atoms with E-state index in [1.54, 1.807) is 0 Å². The molecule has 58 valence electrons. The quantitative estimate of drug-likeness (QED) is 0.443. The average Bonchev–Trinajstić information content (AvgIpc) is 1.90. The minimum atomic E-state index is -1.31. The standard InChI is InChI=1S/C5H10NO3P/c1-4(7)5(6)10(8-2)9-3/h6H,1-3H3/p+1. The first kappa shape index (κ1) is 9.69. The highest BCUT2D eigenvalue weighted by molar-refractivity contribution is 7.69. The Hall–Kier alpha value is -0.310. The fourth-order valence-electron chi connectivity index (χ4n) is 0.400. The van der Waals surface area contributed by atoms with Crippen LogP contribution in [0.15, 0.2) is 0 Å². The van der Waals surface area contributed by atoms with Crippen molar-refractivity contribution in [1.82, 2.24) is 0 Å². The van der Waals surface area contributed by atoms with Crippen LogP contribution in [0.1, 0.15) is 6.92 Å². The van der Waals surface area contributed by atoms with Crippen molar-refractivity contribution in [2.75, 3.05) is 14.2 Å². The van der Waals surface area contributed by atoms with Crippen LogP contribution in [0.25, 0.3) is 0 Å². The van der Waals surface area contributed by atoms with Crippen molar-refractivity contribution >= 4 is 19.6 Å². The molecule has 0 heterocycles. The number of nitrogens with two attached hydrogens (primary N) is 1. The molecular formula is C5H11NO3P+. The molecule has 0 aliphatic heterocycles. The third-order valence-corrected chi connectivity index (χ3v) is 2.26. The molecule has 0 saturated carbocycles. The summed E-state index contributed by atoms with van der Waals surface area (Å²) in [6, 6.07) is 0. The number of Topliss-reactive ketones (excluding diaryl/α,β-unsaturated/α-hetero) is 1. The molecule has 10 heavy (non-hydrogen) atoms. The number of ketones is 1. The van der Waals surface area contributed by atoms with E-state index in [0.717, 1.165) is 0 Å².